The van der Waals surface area contributed by atoms with Gasteiger partial charge in [0.1, 0.15) is 5.82 Å². The quantitative estimate of drug-likeness (QED) is 0.748. The number of halogens is 1. The molecule has 82 valence electrons. The smallest absolute Gasteiger partial charge is 0.252 e. The highest BCUT2D eigenvalue weighted by atomic mass is 32.2. The fourth-order valence-corrected chi connectivity index (χ4v) is 1.35. The fourth-order valence-electron chi connectivity index (χ4n) is 0.983. The molecule has 0 saturated carbocycles. The summed E-state index contributed by atoms with van der Waals surface area (Å²) in [7, 11) is 0. The molecule has 5 nitrogen and oxygen atoms in total. The van der Waals surface area contributed by atoms with E-state index in [1.807, 2.05) is 0 Å². The number of carbonyl (C=O) groups excluding carboxylic acids is 1. The molecule has 0 heterocycles. The van der Waals surface area contributed by atoms with Crippen molar-refractivity contribution >= 4 is 17.3 Å². The molecule has 0 aliphatic carbocycles. The van der Waals surface area contributed by atoms with Gasteiger partial charge in [0.25, 0.3) is 5.91 Å². The van der Waals surface area contributed by atoms with Gasteiger partial charge in [0.2, 0.25) is 0 Å². The van der Waals surface area contributed by atoms with Crippen LogP contribution in [0.2, 0.25) is 0 Å². The summed E-state index contributed by atoms with van der Waals surface area (Å²) in [5, 5.41) is 0. The maximum atomic E-state index is 12.5. The lowest BCUT2D eigenvalue weighted by Gasteiger charge is -2.15. The van der Waals surface area contributed by atoms with Crippen LogP contribution in [0, 0.1) is 5.82 Å². The molecule has 1 aromatic rings. The number of rotatable bonds is 4. The highest BCUT2D eigenvalue weighted by Crippen LogP contribution is 2.18. The minimum Gasteiger partial charge on any atom is -0.750 e. The molecule has 0 fully saturated rings. The summed E-state index contributed by atoms with van der Waals surface area (Å²) in [5.74, 6) is -1.48. The fraction of sp³-hybridized carbons (Fsp3) is 0.125. The van der Waals surface area contributed by atoms with E-state index in [4.69, 9.17) is 5.73 Å². The maximum absolute atomic E-state index is 12.5. The van der Waals surface area contributed by atoms with Gasteiger partial charge in [-0.15, -0.1) is 0 Å². The lowest BCUT2D eigenvalue weighted by Crippen LogP contribution is -2.24. The predicted octanol–water partition coefficient (Wildman–Crippen LogP) is 0.163. The van der Waals surface area contributed by atoms with E-state index < -0.39 is 29.2 Å². The van der Waals surface area contributed by atoms with E-state index in [2.05, 4.69) is 4.18 Å². The molecule has 0 aromatic heterocycles. The van der Waals surface area contributed by atoms with Gasteiger partial charge in [-0.1, -0.05) is 12.1 Å². The summed E-state index contributed by atoms with van der Waals surface area (Å²) >= 11 is -2.87. The first-order valence-corrected chi connectivity index (χ1v) is 4.82. The van der Waals surface area contributed by atoms with Crippen LogP contribution in [-0.2, 0) is 20.3 Å². The molecule has 0 aliphatic rings. The lowest BCUT2D eigenvalue weighted by molar-refractivity contribution is -0.124. The molecule has 2 unspecified atom stereocenters. The lowest BCUT2D eigenvalue weighted by atomic mass is 10.1. The average molecular weight is 232 g/mol. The van der Waals surface area contributed by atoms with Gasteiger partial charge in [0.15, 0.2) is 6.10 Å². The standard InChI is InChI=1S/C8H8FNO4S/c9-6-3-1-5(2-4-6)7(8(10)11)14-15(12)13/h1-4,7H,(H2,10,11)(H,12,13)/p-1. The monoisotopic (exact) mass is 232 g/mol. The van der Waals surface area contributed by atoms with Crippen molar-refractivity contribution in [2.45, 2.75) is 6.10 Å². The van der Waals surface area contributed by atoms with E-state index >= 15 is 0 Å². The third-order valence-corrected chi connectivity index (χ3v) is 1.96. The van der Waals surface area contributed by atoms with Gasteiger partial charge in [0.05, 0.1) is 11.4 Å². The number of primary amides is 1. The van der Waals surface area contributed by atoms with E-state index in [-0.39, 0.29) is 5.56 Å². The molecule has 2 N–H and O–H groups in total. The summed E-state index contributed by atoms with van der Waals surface area (Å²) < 4.78 is 37.3. The first kappa shape index (κ1) is 11.8. The number of carbonyl (C=O) groups is 1. The van der Waals surface area contributed by atoms with Crippen LogP contribution < -0.4 is 5.73 Å². The zero-order valence-corrected chi connectivity index (χ0v) is 8.20. The molecule has 0 saturated heterocycles. The zero-order chi connectivity index (χ0) is 11.4. The Morgan fingerprint density at radius 1 is 1.47 bits per heavy atom. The minimum atomic E-state index is -2.87. The summed E-state index contributed by atoms with van der Waals surface area (Å²) in [6.45, 7) is 0. The average Bonchev–Trinajstić information content (AvgIpc) is 2.15. The third-order valence-electron chi connectivity index (χ3n) is 1.61. The number of amides is 1. The van der Waals surface area contributed by atoms with E-state index in [9.17, 15) is 17.9 Å². The molecule has 0 aliphatic heterocycles. The second-order valence-corrected chi connectivity index (χ2v) is 3.24. The van der Waals surface area contributed by atoms with Crippen molar-refractivity contribution in [3.05, 3.63) is 35.6 Å². The third kappa shape index (κ3) is 3.39. The Kier molecular flexibility index (Phi) is 3.89. The Bertz CT molecular complexity index is 381. The topological polar surface area (TPSA) is 92.5 Å². The molecule has 0 spiro atoms. The zero-order valence-electron chi connectivity index (χ0n) is 7.38. The van der Waals surface area contributed by atoms with Gasteiger partial charge in [-0.25, -0.2) is 8.60 Å². The molecule has 0 bridgehead atoms. The van der Waals surface area contributed by atoms with Gasteiger partial charge >= 0.3 is 0 Å². The predicted molar refractivity (Wildman–Crippen MR) is 48.3 cm³/mol. The van der Waals surface area contributed by atoms with Crippen LogP contribution in [-0.4, -0.2) is 14.7 Å². The Morgan fingerprint density at radius 2 is 2.00 bits per heavy atom. The minimum absolute atomic E-state index is 0.174. The van der Waals surface area contributed by atoms with E-state index in [0.29, 0.717) is 0 Å². The van der Waals surface area contributed by atoms with Crippen LogP contribution in [0.15, 0.2) is 24.3 Å². The van der Waals surface area contributed by atoms with Crippen LogP contribution in [0.3, 0.4) is 0 Å². The molecule has 7 heteroatoms. The number of nitrogens with two attached hydrogens (primary N) is 1. The summed E-state index contributed by atoms with van der Waals surface area (Å²) in [5.41, 5.74) is 5.10. The molecule has 1 aromatic carbocycles. The molecule has 2 atom stereocenters. The Labute approximate surface area is 87.5 Å². The van der Waals surface area contributed by atoms with Gasteiger partial charge in [-0.05, 0) is 17.7 Å². The first-order valence-electron chi connectivity index (χ1n) is 3.82. The molecule has 1 rings (SSSR count). The Balaban J connectivity index is 2.94. The van der Waals surface area contributed by atoms with E-state index in [1.165, 1.54) is 12.1 Å². The largest absolute Gasteiger partial charge is 0.750 e. The molecule has 1 amide bonds. The van der Waals surface area contributed by atoms with Gasteiger partial charge in [-0.2, -0.15) is 0 Å². The van der Waals surface area contributed by atoms with Crippen LogP contribution in [0.5, 0.6) is 0 Å². The first-order chi connectivity index (χ1) is 7.00. The normalized spacial score (nSPS) is 14.5. The van der Waals surface area contributed by atoms with Crippen molar-refractivity contribution < 1.29 is 22.1 Å². The van der Waals surface area contributed by atoms with E-state index in [1.54, 1.807) is 0 Å². The number of hydrogen-bond acceptors (Lipinski definition) is 4. The van der Waals surface area contributed by atoms with Crippen molar-refractivity contribution in [3.8, 4) is 0 Å². The SMILES string of the molecule is NC(=O)C(OS(=O)[O-])c1ccc(F)cc1. The highest BCUT2D eigenvalue weighted by molar-refractivity contribution is 7.74. The van der Waals surface area contributed by atoms with Crippen LogP contribution in [0.1, 0.15) is 11.7 Å². The van der Waals surface area contributed by atoms with Crippen molar-refractivity contribution in [2.75, 3.05) is 0 Å². The maximum Gasteiger partial charge on any atom is 0.252 e. The van der Waals surface area contributed by atoms with Crippen molar-refractivity contribution in [1.82, 2.24) is 0 Å². The molecular formula is C8H7FNO4S-. The van der Waals surface area contributed by atoms with Crippen LogP contribution in [0.4, 0.5) is 4.39 Å². The summed E-state index contributed by atoms with van der Waals surface area (Å²) in [6, 6.07) is 4.58. The van der Waals surface area contributed by atoms with Gasteiger partial charge in [0, 0.05) is 0 Å². The molecule has 0 radical (unpaired) electrons. The Hall–Kier alpha value is -1.31. The summed E-state index contributed by atoms with van der Waals surface area (Å²) in [6.07, 6.45) is -1.43. The van der Waals surface area contributed by atoms with Crippen molar-refractivity contribution in [2.24, 2.45) is 5.73 Å². The highest BCUT2D eigenvalue weighted by Gasteiger charge is 2.19. The van der Waals surface area contributed by atoms with Crippen LogP contribution in [0.25, 0.3) is 0 Å². The number of benzene rings is 1. The van der Waals surface area contributed by atoms with Gasteiger partial charge in [-0.3, -0.25) is 8.98 Å². The van der Waals surface area contributed by atoms with Crippen molar-refractivity contribution in [1.29, 1.82) is 0 Å². The number of hydrogen-bond donors (Lipinski definition) is 1. The second kappa shape index (κ2) is 4.96. The molecule has 15 heavy (non-hydrogen) atoms. The van der Waals surface area contributed by atoms with Crippen LogP contribution >= 0.6 is 0 Å². The Morgan fingerprint density at radius 3 is 2.40 bits per heavy atom. The van der Waals surface area contributed by atoms with Crippen molar-refractivity contribution in [3.63, 3.8) is 0 Å². The van der Waals surface area contributed by atoms with Gasteiger partial charge < -0.3 is 10.3 Å². The molecular weight excluding hydrogens is 225 g/mol. The van der Waals surface area contributed by atoms with E-state index in [0.717, 1.165) is 12.1 Å². The second-order valence-electron chi connectivity index (χ2n) is 2.63. The summed E-state index contributed by atoms with van der Waals surface area (Å²) in [4.78, 5) is 10.9.